The zero-order valence-electron chi connectivity index (χ0n) is 14.7. The molecule has 0 unspecified atom stereocenters. The van der Waals surface area contributed by atoms with E-state index in [0.29, 0.717) is 44.1 Å². The Bertz CT molecular complexity index is 801. The molecular weight excluding hydrogens is 396 g/mol. The lowest BCUT2D eigenvalue weighted by atomic mass is 10.1. The maximum atomic E-state index is 12.9. The third-order valence-corrected chi connectivity index (χ3v) is 5.24. The molecule has 136 valence electrons. The number of ether oxygens (including phenoxy) is 1. The fourth-order valence-electron chi connectivity index (χ4n) is 2.93. The predicted octanol–water partition coefficient (Wildman–Crippen LogP) is 3.33. The lowest BCUT2D eigenvalue weighted by Gasteiger charge is -2.34. The molecule has 1 aliphatic heterocycles. The Labute approximate surface area is 161 Å². The summed E-state index contributed by atoms with van der Waals surface area (Å²) in [6.07, 6.45) is 0. The van der Waals surface area contributed by atoms with Gasteiger partial charge in [-0.3, -0.25) is 9.59 Å². The smallest absolute Gasteiger partial charge is 0.257 e. The summed E-state index contributed by atoms with van der Waals surface area (Å²) in [6, 6.07) is 15.1. The highest BCUT2D eigenvalue weighted by molar-refractivity contribution is 9.10. The number of para-hydroxylation sites is 1. The zero-order chi connectivity index (χ0) is 18.5. The van der Waals surface area contributed by atoms with Crippen LogP contribution in [0.3, 0.4) is 0 Å². The van der Waals surface area contributed by atoms with Gasteiger partial charge >= 0.3 is 0 Å². The quantitative estimate of drug-likeness (QED) is 0.767. The zero-order valence-corrected chi connectivity index (χ0v) is 16.2. The molecule has 26 heavy (non-hydrogen) atoms. The monoisotopic (exact) mass is 416 g/mol. The Kier molecular flexibility index (Phi) is 5.93. The summed E-state index contributed by atoms with van der Waals surface area (Å²) in [5, 5.41) is 0. The molecule has 2 aromatic rings. The normalized spacial score (nSPS) is 14.2. The third-order valence-electron chi connectivity index (χ3n) is 4.47. The molecule has 0 saturated carbocycles. The van der Waals surface area contributed by atoms with Gasteiger partial charge in [0.15, 0.2) is 0 Å². The van der Waals surface area contributed by atoms with Crippen LogP contribution in [0.2, 0.25) is 0 Å². The van der Waals surface area contributed by atoms with Crippen molar-refractivity contribution >= 4 is 27.7 Å². The maximum absolute atomic E-state index is 12.9. The number of rotatable bonds is 4. The van der Waals surface area contributed by atoms with Crippen LogP contribution < -0.4 is 4.74 Å². The van der Waals surface area contributed by atoms with E-state index < -0.39 is 0 Å². The van der Waals surface area contributed by atoms with Gasteiger partial charge in [-0.1, -0.05) is 46.3 Å². The molecule has 6 heteroatoms. The number of hydrogen-bond acceptors (Lipinski definition) is 3. The first kappa shape index (κ1) is 18.5. The summed E-state index contributed by atoms with van der Waals surface area (Å²) in [5.74, 6) is 0.562. The molecule has 1 heterocycles. The summed E-state index contributed by atoms with van der Waals surface area (Å²) < 4.78 is 6.91. The van der Waals surface area contributed by atoms with E-state index >= 15 is 0 Å². The highest BCUT2D eigenvalue weighted by atomic mass is 79.9. The van der Waals surface area contributed by atoms with Gasteiger partial charge in [-0.2, -0.15) is 0 Å². The first-order valence-corrected chi connectivity index (χ1v) is 9.35. The fraction of sp³-hybridized carbons (Fsp3) is 0.300. The van der Waals surface area contributed by atoms with E-state index in [0.717, 1.165) is 10.0 Å². The first-order valence-electron chi connectivity index (χ1n) is 8.56. The van der Waals surface area contributed by atoms with Gasteiger partial charge in [-0.15, -0.1) is 0 Å². The summed E-state index contributed by atoms with van der Waals surface area (Å²) in [5.41, 5.74) is 1.57. The van der Waals surface area contributed by atoms with Crippen LogP contribution in [0.15, 0.2) is 53.0 Å². The van der Waals surface area contributed by atoms with Crippen LogP contribution >= 0.6 is 15.9 Å². The van der Waals surface area contributed by atoms with Crippen LogP contribution in [-0.4, -0.2) is 47.8 Å². The number of amides is 2. The molecule has 0 bridgehead atoms. The topological polar surface area (TPSA) is 49.9 Å². The van der Waals surface area contributed by atoms with Crippen LogP contribution in [0.4, 0.5) is 0 Å². The fourth-order valence-corrected chi connectivity index (χ4v) is 3.33. The standard InChI is InChI=1S/C20H21BrN2O3/c1-15(24)22-10-12-23(13-11-22)20(25)17-7-3-5-9-19(17)26-14-16-6-2-4-8-18(16)21/h2-9H,10-14H2,1H3. The lowest BCUT2D eigenvalue weighted by molar-refractivity contribution is -0.130. The van der Waals surface area contributed by atoms with Crippen LogP contribution in [0.5, 0.6) is 5.75 Å². The first-order chi connectivity index (χ1) is 12.6. The number of halogens is 1. The molecule has 1 saturated heterocycles. The molecule has 0 aliphatic carbocycles. The van der Waals surface area contributed by atoms with Gasteiger partial charge in [0.2, 0.25) is 5.91 Å². The van der Waals surface area contributed by atoms with Crippen molar-refractivity contribution in [3.05, 3.63) is 64.1 Å². The minimum Gasteiger partial charge on any atom is -0.488 e. The van der Waals surface area contributed by atoms with Crippen molar-refractivity contribution in [3.8, 4) is 5.75 Å². The van der Waals surface area contributed by atoms with Crippen molar-refractivity contribution < 1.29 is 14.3 Å². The van der Waals surface area contributed by atoms with Gasteiger partial charge in [0, 0.05) is 43.1 Å². The van der Waals surface area contributed by atoms with Gasteiger partial charge in [0.1, 0.15) is 12.4 Å². The number of carbonyl (C=O) groups is 2. The Morgan fingerprint density at radius 1 is 0.962 bits per heavy atom. The summed E-state index contributed by atoms with van der Waals surface area (Å²) >= 11 is 3.51. The van der Waals surface area contributed by atoms with E-state index in [4.69, 9.17) is 4.74 Å². The number of piperazine rings is 1. The minimum absolute atomic E-state index is 0.0503. The van der Waals surface area contributed by atoms with E-state index in [1.807, 2.05) is 42.5 Å². The lowest BCUT2D eigenvalue weighted by Crippen LogP contribution is -2.50. The van der Waals surface area contributed by atoms with Crippen LogP contribution in [0, 0.1) is 0 Å². The Morgan fingerprint density at radius 2 is 1.58 bits per heavy atom. The number of nitrogens with zero attached hydrogens (tertiary/aromatic N) is 2. The van der Waals surface area contributed by atoms with E-state index in [9.17, 15) is 9.59 Å². The van der Waals surface area contributed by atoms with Crippen LogP contribution in [-0.2, 0) is 11.4 Å². The van der Waals surface area contributed by atoms with Gasteiger partial charge < -0.3 is 14.5 Å². The van der Waals surface area contributed by atoms with E-state index in [2.05, 4.69) is 15.9 Å². The number of hydrogen-bond donors (Lipinski definition) is 0. The molecule has 2 aromatic carbocycles. The summed E-state index contributed by atoms with van der Waals surface area (Å²) in [7, 11) is 0. The molecule has 2 amide bonds. The predicted molar refractivity (Wildman–Crippen MR) is 103 cm³/mol. The minimum atomic E-state index is -0.0593. The second-order valence-electron chi connectivity index (χ2n) is 6.17. The number of carbonyl (C=O) groups excluding carboxylic acids is 2. The second-order valence-corrected chi connectivity index (χ2v) is 7.03. The molecular formula is C20H21BrN2O3. The van der Waals surface area contributed by atoms with E-state index in [-0.39, 0.29) is 11.8 Å². The molecule has 5 nitrogen and oxygen atoms in total. The van der Waals surface area contributed by atoms with Gasteiger partial charge in [0.25, 0.3) is 5.91 Å². The Morgan fingerprint density at radius 3 is 2.27 bits per heavy atom. The van der Waals surface area contributed by atoms with Crippen molar-refractivity contribution in [1.29, 1.82) is 0 Å². The molecule has 3 rings (SSSR count). The molecule has 0 radical (unpaired) electrons. The van der Waals surface area contributed by atoms with Gasteiger partial charge in [-0.05, 0) is 18.2 Å². The van der Waals surface area contributed by atoms with Crippen molar-refractivity contribution in [3.63, 3.8) is 0 Å². The van der Waals surface area contributed by atoms with Gasteiger partial charge in [-0.25, -0.2) is 0 Å². The van der Waals surface area contributed by atoms with Crippen molar-refractivity contribution in [1.82, 2.24) is 9.80 Å². The third kappa shape index (κ3) is 4.25. The van der Waals surface area contributed by atoms with E-state index in [1.165, 1.54) is 0 Å². The van der Waals surface area contributed by atoms with Crippen molar-refractivity contribution in [2.45, 2.75) is 13.5 Å². The average Bonchev–Trinajstić information content (AvgIpc) is 2.67. The summed E-state index contributed by atoms with van der Waals surface area (Å²) in [4.78, 5) is 27.9. The summed E-state index contributed by atoms with van der Waals surface area (Å²) in [6.45, 7) is 4.16. The van der Waals surface area contributed by atoms with Gasteiger partial charge in [0.05, 0.1) is 5.56 Å². The second kappa shape index (κ2) is 8.36. The van der Waals surface area contributed by atoms with Crippen LogP contribution in [0.25, 0.3) is 0 Å². The maximum Gasteiger partial charge on any atom is 0.257 e. The van der Waals surface area contributed by atoms with Crippen molar-refractivity contribution in [2.24, 2.45) is 0 Å². The molecule has 0 N–H and O–H groups in total. The SMILES string of the molecule is CC(=O)N1CCN(C(=O)c2ccccc2OCc2ccccc2Br)CC1. The van der Waals surface area contributed by atoms with Crippen LogP contribution in [0.1, 0.15) is 22.8 Å². The molecule has 1 fully saturated rings. The molecule has 1 aliphatic rings. The average molecular weight is 417 g/mol. The van der Waals surface area contributed by atoms with E-state index in [1.54, 1.807) is 22.8 Å². The highest BCUT2D eigenvalue weighted by Crippen LogP contribution is 2.24. The largest absolute Gasteiger partial charge is 0.488 e. The number of benzene rings is 2. The highest BCUT2D eigenvalue weighted by Gasteiger charge is 2.25. The Hall–Kier alpha value is -2.34. The van der Waals surface area contributed by atoms with Crippen molar-refractivity contribution in [2.75, 3.05) is 26.2 Å². The Balaban J connectivity index is 1.70. The molecule has 0 atom stereocenters. The molecule has 0 aromatic heterocycles. The molecule has 0 spiro atoms.